The van der Waals surface area contributed by atoms with E-state index in [9.17, 15) is 9.59 Å². The van der Waals surface area contributed by atoms with Gasteiger partial charge in [-0.1, -0.05) is 42.5 Å². The van der Waals surface area contributed by atoms with E-state index in [2.05, 4.69) is 0 Å². The number of amides is 1. The number of hydrogen-bond acceptors (Lipinski definition) is 4. The largest absolute Gasteiger partial charge is 0.488 e. The van der Waals surface area contributed by atoms with Crippen LogP contribution < -0.4 is 4.74 Å². The topological polar surface area (TPSA) is 55.8 Å². The minimum absolute atomic E-state index is 0.251. The van der Waals surface area contributed by atoms with Gasteiger partial charge in [-0.25, -0.2) is 4.79 Å². The average molecular weight is 367 g/mol. The molecule has 0 bridgehead atoms. The molecule has 1 amide bonds. The Labute approximate surface area is 159 Å². The molecule has 1 saturated heterocycles. The maximum absolute atomic E-state index is 12.4. The maximum Gasteiger partial charge on any atom is 0.411 e. The lowest BCUT2D eigenvalue weighted by atomic mass is 10.1. The van der Waals surface area contributed by atoms with Crippen molar-refractivity contribution in [2.75, 3.05) is 6.54 Å². The molecule has 2 aromatic rings. The molecule has 5 nitrogen and oxygen atoms in total. The van der Waals surface area contributed by atoms with Gasteiger partial charge in [0, 0.05) is 6.42 Å². The third kappa shape index (κ3) is 4.88. The van der Waals surface area contributed by atoms with Gasteiger partial charge in [0.25, 0.3) is 0 Å². The SMILES string of the molecule is CC(C)(C)OC(=O)N1CC(Oc2cccc(-c3ccccc3)c2)CC1C=O. The quantitative estimate of drug-likeness (QED) is 0.756. The van der Waals surface area contributed by atoms with E-state index >= 15 is 0 Å². The van der Waals surface area contributed by atoms with Crippen LogP contribution in [0.2, 0.25) is 0 Å². The lowest BCUT2D eigenvalue weighted by molar-refractivity contribution is -0.111. The van der Waals surface area contributed by atoms with Gasteiger partial charge >= 0.3 is 6.09 Å². The summed E-state index contributed by atoms with van der Waals surface area (Å²) in [6.45, 7) is 5.74. The zero-order valence-corrected chi connectivity index (χ0v) is 15.9. The Bertz CT molecular complexity index is 797. The first-order valence-electron chi connectivity index (χ1n) is 9.13. The van der Waals surface area contributed by atoms with Gasteiger partial charge in [0.1, 0.15) is 23.7 Å². The lowest BCUT2D eigenvalue weighted by Gasteiger charge is -2.26. The van der Waals surface area contributed by atoms with E-state index in [1.54, 1.807) is 20.8 Å². The molecule has 0 spiro atoms. The Balaban J connectivity index is 1.70. The van der Waals surface area contributed by atoms with E-state index in [0.717, 1.165) is 23.2 Å². The summed E-state index contributed by atoms with van der Waals surface area (Å²) in [7, 11) is 0. The van der Waals surface area contributed by atoms with E-state index in [-0.39, 0.29) is 6.10 Å². The summed E-state index contributed by atoms with van der Waals surface area (Å²) in [6, 6.07) is 17.4. The third-order valence-electron chi connectivity index (χ3n) is 4.33. The number of likely N-dealkylation sites (tertiary alicyclic amines) is 1. The van der Waals surface area contributed by atoms with Gasteiger partial charge in [-0.3, -0.25) is 4.90 Å². The Morgan fingerprint density at radius 1 is 1.07 bits per heavy atom. The van der Waals surface area contributed by atoms with Crippen LogP contribution in [0.4, 0.5) is 4.79 Å². The predicted octanol–water partition coefficient (Wildman–Crippen LogP) is 4.31. The highest BCUT2D eigenvalue weighted by molar-refractivity contribution is 5.74. The molecule has 1 aliphatic heterocycles. The van der Waals surface area contributed by atoms with Crippen molar-refractivity contribution in [2.24, 2.45) is 0 Å². The van der Waals surface area contributed by atoms with Crippen molar-refractivity contribution in [3.05, 3.63) is 54.6 Å². The van der Waals surface area contributed by atoms with Gasteiger partial charge in [-0.2, -0.15) is 0 Å². The zero-order valence-electron chi connectivity index (χ0n) is 15.9. The molecule has 0 saturated carbocycles. The van der Waals surface area contributed by atoms with Crippen LogP contribution in [0.25, 0.3) is 11.1 Å². The van der Waals surface area contributed by atoms with E-state index in [0.29, 0.717) is 13.0 Å². The third-order valence-corrected chi connectivity index (χ3v) is 4.33. The standard InChI is InChI=1S/C22H25NO4/c1-22(2,3)27-21(25)23-14-20(13-18(23)15-24)26-19-11-7-10-17(12-19)16-8-5-4-6-9-16/h4-12,15,18,20H,13-14H2,1-3H3. The summed E-state index contributed by atoms with van der Waals surface area (Å²) >= 11 is 0. The van der Waals surface area contributed by atoms with E-state index in [4.69, 9.17) is 9.47 Å². The molecule has 1 heterocycles. The smallest absolute Gasteiger partial charge is 0.411 e. The van der Waals surface area contributed by atoms with Crippen LogP contribution in [0.5, 0.6) is 5.75 Å². The number of carbonyl (C=O) groups excluding carboxylic acids is 2. The van der Waals surface area contributed by atoms with Crippen LogP contribution in [-0.4, -0.2) is 41.6 Å². The highest BCUT2D eigenvalue weighted by Crippen LogP contribution is 2.27. The Morgan fingerprint density at radius 2 is 1.78 bits per heavy atom. The molecule has 5 heteroatoms. The number of nitrogens with zero attached hydrogens (tertiary/aromatic N) is 1. The normalized spacial score (nSPS) is 19.6. The van der Waals surface area contributed by atoms with Crippen molar-refractivity contribution in [1.29, 1.82) is 0 Å². The monoisotopic (exact) mass is 367 g/mol. The van der Waals surface area contributed by atoms with Crippen molar-refractivity contribution < 1.29 is 19.1 Å². The van der Waals surface area contributed by atoms with Gasteiger partial charge in [0.15, 0.2) is 0 Å². The van der Waals surface area contributed by atoms with Crippen LogP contribution in [-0.2, 0) is 9.53 Å². The van der Waals surface area contributed by atoms with E-state index in [1.807, 2.05) is 54.6 Å². The molecule has 0 radical (unpaired) electrons. The van der Waals surface area contributed by atoms with E-state index in [1.165, 1.54) is 4.90 Å². The summed E-state index contributed by atoms with van der Waals surface area (Å²) in [5.41, 5.74) is 1.56. The van der Waals surface area contributed by atoms with Crippen LogP contribution in [0.15, 0.2) is 54.6 Å². The second-order valence-corrected chi connectivity index (χ2v) is 7.71. The number of carbonyl (C=O) groups is 2. The van der Waals surface area contributed by atoms with Crippen molar-refractivity contribution in [3.8, 4) is 16.9 Å². The molecule has 27 heavy (non-hydrogen) atoms. The Hall–Kier alpha value is -2.82. The number of aldehydes is 1. The van der Waals surface area contributed by atoms with Crippen molar-refractivity contribution in [3.63, 3.8) is 0 Å². The summed E-state index contributed by atoms with van der Waals surface area (Å²) in [5.74, 6) is 0.719. The second kappa shape index (κ2) is 7.82. The molecule has 1 fully saturated rings. The van der Waals surface area contributed by atoms with Crippen molar-refractivity contribution in [1.82, 2.24) is 4.90 Å². The van der Waals surface area contributed by atoms with E-state index < -0.39 is 17.7 Å². The number of rotatable bonds is 4. The zero-order chi connectivity index (χ0) is 19.4. The van der Waals surface area contributed by atoms with Crippen LogP contribution in [0.1, 0.15) is 27.2 Å². The second-order valence-electron chi connectivity index (χ2n) is 7.71. The van der Waals surface area contributed by atoms with Crippen molar-refractivity contribution in [2.45, 2.75) is 44.9 Å². The fraction of sp³-hybridized carbons (Fsp3) is 0.364. The van der Waals surface area contributed by atoms with Gasteiger partial charge in [0.2, 0.25) is 0 Å². The first kappa shape index (κ1) is 19.0. The van der Waals surface area contributed by atoms with Crippen molar-refractivity contribution >= 4 is 12.4 Å². The molecule has 2 unspecified atom stereocenters. The minimum Gasteiger partial charge on any atom is -0.488 e. The summed E-state index contributed by atoms with van der Waals surface area (Å²) in [6.07, 6.45) is 0.508. The number of ether oxygens (including phenoxy) is 2. The summed E-state index contributed by atoms with van der Waals surface area (Å²) in [5, 5.41) is 0. The number of hydrogen-bond donors (Lipinski definition) is 0. The molecule has 3 rings (SSSR count). The Morgan fingerprint density at radius 3 is 2.44 bits per heavy atom. The molecule has 142 valence electrons. The first-order chi connectivity index (χ1) is 12.9. The molecular weight excluding hydrogens is 342 g/mol. The van der Waals surface area contributed by atoms with Crippen LogP contribution in [0, 0.1) is 0 Å². The number of benzene rings is 2. The minimum atomic E-state index is -0.604. The molecule has 0 aromatic heterocycles. The molecule has 2 aromatic carbocycles. The highest BCUT2D eigenvalue weighted by Gasteiger charge is 2.38. The lowest BCUT2D eigenvalue weighted by Crippen LogP contribution is -2.41. The van der Waals surface area contributed by atoms with Crippen LogP contribution in [0.3, 0.4) is 0 Å². The van der Waals surface area contributed by atoms with Gasteiger partial charge in [-0.15, -0.1) is 0 Å². The predicted molar refractivity (Wildman–Crippen MR) is 104 cm³/mol. The average Bonchev–Trinajstić information content (AvgIpc) is 3.04. The fourth-order valence-electron chi connectivity index (χ4n) is 3.14. The van der Waals surface area contributed by atoms with Crippen LogP contribution >= 0.6 is 0 Å². The molecular formula is C22H25NO4. The molecule has 0 aliphatic carbocycles. The Kier molecular flexibility index (Phi) is 5.49. The highest BCUT2D eigenvalue weighted by atomic mass is 16.6. The van der Waals surface area contributed by atoms with Gasteiger partial charge in [0.05, 0.1) is 12.6 Å². The fourth-order valence-corrected chi connectivity index (χ4v) is 3.14. The molecule has 0 N–H and O–H groups in total. The summed E-state index contributed by atoms with van der Waals surface area (Å²) < 4.78 is 11.5. The van der Waals surface area contributed by atoms with Gasteiger partial charge < -0.3 is 14.3 Å². The molecule has 2 atom stereocenters. The first-order valence-corrected chi connectivity index (χ1v) is 9.13. The summed E-state index contributed by atoms with van der Waals surface area (Å²) in [4.78, 5) is 25.2. The van der Waals surface area contributed by atoms with Gasteiger partial charge in [-0.05, 0) is 44.0 Å². The maximum atomic E-state index is 12.4. The molecule has 1 aliphatic rings.